The second-order valence-corrected chi connectivity index (χ2v) is 6.02. The van der Waals surface area contributed by atoms with E-state index in [-0.39, 0.29) is 11.8 Å². The summed E-state index contributed by atoms with van der Waals surface area (Å²) in [7, 11) is 0. The molecule has 0 aliphatic rings. The maximum Gasteiger partial charge on any atom is 0.311 e. The zero-order valence-electron chi connectivity index (χ0n) is 11.6. The number of aromatic amines is 1. The third kappa shape index (κ3) is 3.03. The number of hydrogen-bond acceptors (Lipinski definition) is 4. The Hall–Kier alpha value is -2.16. The fraction of sp³-hybridized carbons (Fsp3) is 0.0667. The monoisotopic (exact) mass is 410 g/mol. The molecule has 0 saturated carbocycles. The second kappa shape index (κ2) is 5.91. The van der Waals surface area contributed by atoms with E-state index in [1.165, 1.54) is 12.1 Å². The van der Waals surface area contributed by atoms with Crippen molar-refractivity contribution in [3.8, 4) is 17.4 Å². The van der Waals surface area contributed by atoms with Gasteiger partial charge in [-0.2, -0.15) is 0 Å². The first kappa shape index (κ1) is 14.8. The molecule has 112 valence electrons. The van der Waals surface area contributed by atoms with Crippen LogP contribution in [0.5, 0.6) is 6.01 Å². The summed E-state index contributed by atoms with van der Waals surface area (Å²) < 4.78 is 14.7. The molecule has 2 aromatic carbocycles. The summed E-state index contributed by atoms with van der Waals surface area (Å²) in [6.07, 6.45) is 0. The van der Waals surface area contributed by atoms with E-state index in [9.17, 15) is 9.50 Å². The summed E-state index contributed by atoms with van der Waals surface area (Å²) in [4.78, 5) is 2.63. The Morgan fingerprint density at radius 1 is 1.14 bits per heavy atom. The third-order valence-electron chi connectivity index (χ3n) is 3.17. The van der Waals surface area contributed by atoms with Gasteiger partial charge in [-0.05, 0) is 71.5 Å². The highest BCUT2D eigenvalue weighted by molar-refractivity contribution is 14.1. The minimum absolute atomic E-state index is 0.282. The van der Waals surface area contributed by atoms with Gasteiger partial charge in [0, 0.05) is 14.8 Å². The van der Waals surface area contributed by atoms with Crippen molar-refractivity contribution >= 4 is 34.0 Å². The van der Waals surface area contributed by atoms with Crippen LogP contribution in [0.15, 0.2) is 36.4 Å². The number of aromatic hydroxyl groups is 1. The standard InChI is InChI=1S/C15H12FIN4O/c1-8-6-10(17)3-5-12(8)18-13-7-9(16)2-4-11(13)14-19-15(22)21-20-14/h2-7,18H,1H3,(H2,19,20,21,22). The van der Waals surface area contributed by atoms with Gasteiger partial charge < -0.3 is 10.4 Å². The SMILES string of the molecule is Cc1cc(I)ccc1Nc1cc(F)ccc1-c1nnc(O)[nH]1. The quantitative estimate of drug-likeness (QED) is 0.572. The van der Waals surface area contributed by atoms with Gasteiger partial charge in [-0.25, -0.2) is 4.39 Å². The van der Waals surface area contributed by atoms with Crippen LogP contribution in [-0.2, 0) is 0 Å². The van der Waals surface area contributed by atoms with Crippen LogP contribution in [0.2, 0.25) is 0 Å². The van der Waals surface area contributed by atoms with E-state index < -0.39 is 0 Å². The Balaban J connectivity index is 2.04. The predicted molar refractivity (Wildman–Crippen MR) is 90.6 cm³/mol. The molecule has 0 saturated heterocycles. The number of anilines is 2. The zero-order chi connectivity index (χ0) is 15.7. The summed E-state index contributed by atoms with van der Waals surface area (Å²) in [6.45, 7) is 1.98. The highest BCUT2D eigenvalue weighted by Crippen LogP contribution is 2.31. The van der Waals surface area contributed by atoms with Gasteiger partial charge in [0.2, 0.25) is 0 Å². The molecule has 5 nitrogen and oxygen atoms in total. The topological polar surface area (TPSA) is 73.8 Å². The van der Waals surface area contributed by atoms with E-state index >= 15 is 0 Å². The summed E-state index contributed by atoms with van der Waals surface area (Å²) in [5.41, 5.74) is 3.08. The molecule has 0 radical (unpaired) electrons. The number of H-pyrrole nitrogens is 1. The number of aromatic nitrogens is 3. The van der Waals surface area contributed by atoms with Crippen molar-refractivity contribution in [2.24, 2.45) is 0 Å². The summed E-state index contributed by atoms with van der Waals surface area (Å²) >= 11 is 2.24. The average Bonchev–Trinajstić information content (AvgIpc) is 2.88. The first-order valence-electron chi connectivity index (χ1n) is 6.47. The van der Waals surface area contributed by atoms with E-state index in [0.717, 1.165) is 14.8 Å². The smallest absolute Gasteiger partial charge is 0.311 e. The minimum Gasteiger partial charge on any atom is -0.479 e. The molecule has 3 rings (SSSR count). The molecule has 1 heterocycles. The predicted octanol–water partition coefficient (Wildman–Crippen LogP) is 3.97. The molecule has 3 aromatic rings. The number of aryl methyl sites for hydroxylation is 1. The Bertz CT molecular complexity index is 834. The molecule has 7 heteroatoms. The fourth-order valence-electron chi connectivity index (χ4n) is 2.11. The zero-order valence-corrected chi connectivity index (χ0v) is 13.7. The molecular formula is C15H12FIN4O. The van der Waals surface area contributed by atoms with Gasteiger partial charge in [-0.3, -0.25) is 4.98 Å². The lowest BCUT2D eigenvalue weighted by Gasteiger charge is -2.13. The minimum atomic E-state index is -0.363. The number of halogens is 2. The number of rotatable bonds is 3. The Labute approximate surface area is 139 Å². The highest BCUT2D eigenvalue weighted by Gasteiger charge is 2.12. The van der Waals surface area contributed by atoms with Gasteiger partial charge in [0.15, 0.2) is 5.82 Å². The van der Waals surface area contributed by atoms with E-state index in [1.807, 2.05) is 25.1 Å². The molecule has 0 spiro atoms. The fourth-order valence-corrected chi connectivity index (χ4v) is 2.76. The van der Waals surface area contributed by atoms with Gasteiger partial charge >= 0.3 is 6.01 Å². The van der Waals surface area contributed by atoms with Crippen LogP contribution in [0.25, 0.3) is 11.4 Å². The molecular weight excluding hydrogens is 398 g/mol. The van der Waals surface area contributed by atoms with Gasteiger partial charge in [-0.15, -0.1) is 5.10 Å². The van der Waals surface area contributed by atoms with Gasteiger partial charge in [0.25, 0.3) is 0 Å². The number of nitrogens with zero attached hydrogens (tertiary/aromatic N) is 2. The van der Waals surface area contributed by atoms with Crippen LogP contribution in [0.1, 0.15) is 5.56 Å². The molecule has 0 aliphatic carbocycles. The molecule has 0 bridgehead atoms. The summed E-state index contributed by atoms with van der Waals surface area (Å²) in [5, 5.41) is 19.9. The first-order chi connectivity index (χ1) is 10.5. The third-order valence-corrected chi connectivity index (χ3v) is 3.84. The van der Waals surface area contributed by atoms with Crippen LogP contribution in [-0.4, -0.2) is 20.3 Å². The van der Waals surface area contributed by atoms with E-state index in [4.69, 9.17) is 0 Å². The van der Waals surface area contributed by atoms with Crippen molar-refractivity contribution in [2.75, 3.05) is 5.32 Å². The van der Waals surface area contributed by atoms with E-state index in [1.54, 1.807) is 6.07 Å². The number of hydrogen-bond donors (Lipinski definition) is 3. The van der Waals surface area contributed by atoms with Crippen LogP contribution >= 0.6 is 22.6 Å². The average molecular weight is 410 g/mol. The van der Waals surface area contributed by atoms with Crippen molar-refractivity contribution in [1.29, 1.82) is 0 Å². The van der Waals surface area contributed by atoms with Crippen LogP contribution in [0, 0.1) is 16.3 Å². The number of nitrogens with one attached hydrogen (secondary N) is 2. The van der Waals surface area contributed by atoms with Crippen molar-refractivity contribution < 1.29 is 9.50 Å². The van der Waals surface area contributed by atoms with E-state index in [2.05, 4.69) is 43.1 Å². The summed E-state index contributed by atoms with van der Waals surface area (Å²) in [6, 6.07) is 9.95. The molecule has 3 N–H and O–H groups in total. The molecule has 22 heavy (non-hydrogen) atoms. The summed E-state index contributed by atoms with van der Waals surface area (Å²) in [5.74, 6) is 0.00122. The highest BCUT2D eigenvalue weighted by atomic mass is 127. The van der Waals surface area contributed by atoms with E-state index in [0.29, 0.717) is 17.1 Å². The lowest BCUT2D eigenvalue weighted by molar-refractivity contribution is 0.433. The largest absolute Gasteiger partial charge is 0.479 e. The van der Waals surface area contributed by atoms with Crippen LogP contribution in [0.4, 0.5) is 15.8 Å². The van der Waals surface area contributed by atoms with Crippen LogP contribution < -0.4 is 5.32 Å². The van der Waals surface area contributed by atoms with Crippen molar-refractivity contribution in [1.82, 2.24) is 15.2 Å². The lowest BCUT2D eigenvalue weighted by Crippen LogP contribution is -1.97. The molecule has 0 fully saturated rings. The maximum atomic E-state index is 13.6. The normalized spacial score (nSPS) is 10.7. The van der Waals surface area contributed by atoms with Gasteiger partial charge in [0.05, 0.1) is 5.69 Å². The first-order valence-corrected chi connectivity index (χ1v) is 7.55. The molecule has 0 atom stereocenters. The molecule has 0 aliphatic heterocycles. The second-order valence-electron chi connectivity index (χ2n) is 4.77. The Morgan fingerprint density at radius 3 is 2.64 bits per heavy atom. The molecule has 1 aromatic heterocycles. The van der Waals surface area contributed by atoms with Crippen molar-refractivity contribution in [3.05, 3.63) is 51.3 Å². The Morgan fingerprint density at radius 2 is 1.95 bits per heavy atom. The molecule has 0 unspecified atom stereocenters. The van der Waals surface area contributed by atoms with Crippen molar-refractivity contribution in [2.45, 2.75) is 6.92 Å². The lowest BCUT2D eigenvalue weighted by atomic mass is 10.1. The maximum absolute atomic E-state index is 13.6. The van der Waals surface area contributed by atoms with Gasteiger partial charge in [-0.1, -0.05) is 5.10 Å². The molecule has 0 amide bonds. The van der Waals surface area contributed by atoms with Crippen LogP contribution in [0.3, 0.4) is 0 Å². The van der Waals surface area contributed by atoms with Gasteiger partial charge in [0.1, 0.15) is 5.82 Å². The van der Waals surface area contributed by atoms with Crippen molar-refractivity contribution in [3.63, 3.8) is 0 Å². The number of benzene rings is 2. The Kier molecular flexibility index (Phi) is 3.97.